The van der Waals surface area contributed by atoms with Gasteiger partial charge in [0, 0.05) is 54.3 Å². The molecule has 0 radical (unpaired) electrons. The van der Waals surface area contributed by atoms with E-state index in [1.54, 1.807) is 47.2 Å². The number of hydrogen-bond donors (Lipinski definition) is 1. The minimum atomic E-state index is -0.362. The third kappa shape index (κ3) is 5.61. The summed E-state index contributed by atoms with van der Waals surface area (Å²) in [5.74, 6) is 0.159. The van der Waals surface area contributed by atoms with Gasteiger partial charge in [-0.05, 0) is 61.0 Å². The van der Waals surface area contributed by atoms with Gasteiger partial charge in [-0.15, -0.1) is 0 Å². The molecule has 7 nitrogen and oxygen atoms in total. The van der Waals surface area contributed by atoms with Gasteiger partial charge in [0.05, 0.1) is 18.4 Å². The number of carbonyl (C=O) groups excluding carboxylic acids is 2. The lowest BCUT2D eigenvalue weighted by Crippen LogP contribution is -2.51. The molecule has 200 valence electrons. The third-order valence-electron chi connectivity index (χ3n) is 6.86. The minimum Gasteiger partial charge on any atom is -0.497 e. The van der Waals surface area contributed by atoms with Gasteiger partial charge in [0.1, 0.15) is 11.6 Å². The Balaban J connectivity index is 1.35. The predicted octanol–water partition coefficient (Wildman–Crippen LogP) is 6.24. The van der Waals surface area contributed by atoms with Crippen molar-refractivity contribution in [1.82, 2.24) is 14.4 Å². The summed E-state index contributed by atoms with van der Waals surface area (Å²) in [6.45, 7) is 3.44. The van der Waals surface area contributed by atoms with Crippen LogP contribution in [0, 0.1) is 12.7 Å². The van der Waals surface area contributed by atoms with Crippen LogP contribution in [0.5, 0.6) is 5.75 Å². The van der Waals surface area contributed by atoms with Gasteiger partial charge in [-0.1, -0.05) is 35.9 Å². The maximum Gasteiger partial charge on any atom is 0.321 e. The van der Waals surface area contributed by atoms with Crippen LogP contribution in [0.25, 0.3) is 16.9 Å². The molecule has 2 heterocycles. The van der Waals surface area contributed by atoms with Crippen LogP contribution in [0.3, 0.4) is 0 Å². The first-order valence-corrected chi connectivity index (χ1v) is 13.0. The fourth-order valence-electron chi connectivity index (χ4n) is 4.79. The molecular formula is C30H28ClFN4O3. The summed E-state index contributed by atoms with van der Waals surface area (Å²) in [5.41, 5.74) is 4.10. The largest absolute Gasteiger partial charge is 0.497 e. The Hall–Kier alpha value is -4.30. The van der Waals surface area contributed by atoms with E-state index >= 15 is 0 Å². The van der Waals surface area contributed by atoms with Crippen molar-refractivity contribution in [2.75, 3.05) is 38.6 Å². The van der Waals surface area contributed by atoms with Crippen LogP contribution < -0.4 is 10.1 Å². The average Bonchev–Trinajstić information content (AvgIpc) is 3.30. The lowest BCUT2D eigenvalue weighted by Gasteiger charge is -2.34. The van der Waals surface area contributed by atoms with Crippen LogP contribution in [0.2, 0.25) is 5.02 Å². The number of nitrogens with zero attached hydrogens (tertiary/aromatic N) is 3. The number of carbonyl (C=O) groups is 2. The Labute approximate surface area is 231 Å². The number of urea groups is 1. The Kier molecular flexibility index (Phi) is 7.56. The number of rotatable bonds is 5. The molecule has 1 saturated heterocycles. The van der Waals surface area contributed by atoms with Gasteiger partial charge in [0.25, 0.3) is 5.91 Å². The number of piperazine rings is 1. The molecule has 1 aromatic heterocycles. The van der Waals surface area contributed by atoms with E-state index in [2.05, 4.69) is 5.32 Å². The highest BCUT2D eigenvalue weighted by atomic mass is 35.5. The fourth-order valence-corrected chi connectivity index (χ4v) is 4.92. The van der Waals surface area contributed by atoms with E-state index in [1.807, 2.05) is 47.9 Å². The molecule has 1 N–H and O–H groups in total. The fraction of sp³-hybridized carbons (Fsp3) is 0.200. The molecule has 0 atom stereocenters. The molecule has 0 saturated carbocycles. The zero-order valence-corrected chi connectivity index (χ0v) is 22.4. The first-order chi connectivity index (χ1) is 18.8. The summed E-state index contributed by atoms with van der Waals surface area (Å²) in [5, 5.41) is 3.49. The molecule has 0 unspecified atom stereocenters. The number of nitrogens with one attached hydrogen (secondary N) is 1. The quantitative estimate of drug-likeness (QED) is 0.322. The monoisotopic (exact) mass is 546 g/mol. The van der Waals surface area contributed by atoms with Crippen LogP contribution in [0.1, 0.15) is 16.1 Å². The summed E-state index contributed by atoms with van der Waals surface area (Å²) < 4.78 is 21.3. The first-order valence-electron chi connectivity index (χ1n) is 12.6. The molecule has 0 aliphatic carbocycles. The van der Waals surface area contributed by atoms with Crippen LogP contribution >= 0.6 is 11.6 Å². The van der Waals surface area contributed by atoms with E-state index in [1.165, 1.54) is 12.1 Å². The highest BCUT2D eigenvalue weighted by Crippen LogP contribution is 2.31. The van der Waals surface area contributed by atoms with Crippen molar-refractivity contribution in [2.45, 2.75) is 6.92 Å². The molecule has 5 rings (SSSR count). The second-order valence-electron chi connectivity index (χ2n) is 9.29. The Morgan fingerprint density at radius 3 is 2.28 bits per heavy atom. The Morgan fingerprint density at radius 2 is 1.59 bits per heavy atom. The van der Waals surface area contributed by atoms with E-state index in [0.717, 1.165) is 11.3 Å². The van der Waals surface area contributed by atoms with Crippen molar-refractivity contribution in [3.05, 3.63) is 101 Å². The van der Waals surface area contributed by atoms with E-state index < -0.39 is 0 Å². The average molecular weight is 547 g/mol. The van der Waals surface area contributed by atoms with Crippen molar-refractivity contribution in [3.8, 4) is 22.7 Å². The number of methoxy groups -OCH3 is 1. The molecule has 1 aliphatic heterocycles. The molecule has 39 heavy (non-hydrogen) atoms. The highest BCUT2D eigenvalue weighted by Gasteiger charge is 2.28. The maximum atomic E-state index is 14.2. The van der Waals surface area contributed by atoms with E-state index in [0.29, 0.717) is 59.6 Å². The lowest BCUT2D eigenvalue weighted by atomic mass is 10.1. The van der Waals surface area contributed by atoms with Gasteiger partial charge in [0.15, 0.2) is 0 Å². The van der Waals surface area contributed by atoms with Gasteiger partial charge in [0.2, 0.25) is 0 Å². The number of benzene rings is 3. The third-order valence-corrected chi connectivity index (χ3v) is 7.11. The SMILES string of the molecule is COc1cccc(NC(=O)N2CCN(C(=O)c3cc(-c4ccc(Cl)cc4)n(-c4cccc(F)c4)c3C)CC2)c1. The summed E-state index contributed by atoms with van der Waals surface area (Å²) >= 11 is 6.10. The van der Waals surface area contributed by atoms with Crippen LogP contribution in [0.15, 0.2) is 78.9 Å². The highest BCUT2D eigenvalue weighted by molar-refractivity contribution is 6.30. The number of hydrogen-bond acceptors (Lipinski definition) is 3. The molecule has 0 spiro atoms. The van der Waals surface area contributed by atoms with Gasteiger partial charge in [-0.2, -0.15) is 0 Å². The van der Waals surface area contributed by atoms with E-state index in [4.69, 9.17) is 16.3 Å². The lowest BCUT2D eigenvalue weighted by molar-refractivity contribution is 0.0671. The van der Waals surface area contributed by atoms with Crippen molar-refractivity contribution >= 4 is 29.2 Å². The molecule has 1 aliphatic rings. The summed E-state index contributed by atoms with van der Waals surface area (Å²) in [4.78, 5) is 29.9. The number of amides is 3. The first kappa shape index (κ1) is 26.3. The van der Waals surface area contributed by atoms with Crippen molar-refractivity contribution in [2.24, 2.45) is 0 Å². The summed E-state index contributed by atoms with van der Waals surface area (Å²) in [7, 11) is 1.57. The molecule has 0 bridgehead atoms. The van der Waals surface area contributed by atoms with Gasteiger partial charge in [-0.25, -0.2) is 9.18 Å². The summed E-state index contributed by atoms with van der Waals surface area (Å²) in [6, 6.07) is 22.4. The number of aromatic nitrogens is 1. The molecule has 4 aromatic rings. The molecule has 9 heteroatoms. The van der Waals surface area contributed by atoms with E-state index in [-0.39, 0.29) is 17.8 Å². The number of anilines is 1. The van der Waals surface area contributed by atoms with Gasteiger partial charge >= 0.3 is 6.03 Å². The van der Waals surface area contributed by atoms with Gasteiger partial charge < -0.3 is 24.4 Å². The van der Waals surface area contributed by atoms with Crippen LogP contribution in [-0.2, 0) is 0 Å². The molecular weight excluding hydrogens is 519 g/mol. The number of halogens is 2. The maximum absolute atomic E-state index is 14.2. The van der Waals surface area contributed by atoms with Gasteiger partial charge in [-0.3, -0.25) is 4.79 Å². The van der Waals surface area contributed by atoms with Crippen LogP contribution in [-0.4, -0.2) is 59.6 Å². The minimum absolute atomic E-state index is 0.134. The Morgan fingerprint density at radius 1 is 0.897 bits per heavy atom. The number of ether oxygens (including phenoxy) is 1. The second-order valence-corrected chi connectivity index (χ2v) is 9.73. The van der Waals surface area contributed by atoms with Crippen molar-refractivity contribution < 1.29 is 18.7 Å². The topological polar surface area (TPSA) is 66.8 Å². The van der Waals surface area contributed by atoms with E-state index in [9.17, 15) is 14.0 Å². The zero-order valence-electron chi connectivity index (χ0n) is 21.7. The molecule has 3 aromatic carbocycles. The standard InChI is InChI=1S/C30H28ClFN4O3/c1-20-27(19-28(21-9-11-22(31)12-10-21)36(20)25-7-3-5-23(32)17-25)29(37)34-13-15-35(16-14-34)30(38)33-24-6-4-8-26(18-24)39-2/h3-12,17-19H,13-16H2,1-2H3,(H,33,38). The second kappa shape index (κ2) is 11.2. The zero-order chi connectivity index (χ0) is 27.5. The predicted molar refractivity (Wildman–Crippen MR) is 150 cm³/mol. The van der Waals surface area contributed by atoms with Crippen molar-refractivity contribution in [1.29, 1.82) is 0 Å². The smallest absolute Gasteiger partial charge is 0.321 e. The van der Waals surface area contributed by atoms with Crippen molar-refractivity contribution in [3.63, 3.8) is 0 Å². The molecule has 1 fully saturated rings. The molecule has 3 amide bonds. The Bertz CT molecular complexity index is 1510. The normalized spacial score (nSPS) is 13.3. The summed E-state index contributed by atoms with van der Waals surface area (Å²) in [6.07, 6.45) is 0. The van der Waals surface area contributed by atoms with Crippen LogP contribution in [0.4, 0.5) is 14.9 Å².